The topological polar surface area (TPSA) is 30.0 Å². The van der Waals surface area contributed by atoms with Crippen molar-refractivity contribution >= 4 is 5.78 Å². The molecule has 0 saturated heterocycles. The zero-order valence-corrected chi connectivity index (χ0v) is 9.40. The van der Waals surface area contributed by atoms with E-state index in [0.717, 1.165) is 11.1 Å². The lowest BCUT2D eigenvalue weighted by molar-refractivity contribution is 0.103. The van der Waals surface area contributed by atoms with Crippen LogP contribution in [0.15, 0.2) is 42.7 Å². The van der Waals surface area contributed by atoms with Gasteiger partial charge in [-0.25, -0.2) is 0 Å². The molecule has 0 saturated carbocycles. The minimum atomic E-state index is 0.0277. The van der Waals surface area contributed by atoms with Crippen molar-refractivity contribution in [1.82, 2.24) is 4.98 Å². The summed E-state index contributed by atoms with van der Waals surface area (Å²) in [5, 5.41) is 0. The zero-order valence-electron chi connectivity index (χ0n) is 9.40. The van der Waals surface area contributed by atoms with Crippen molar-refractivity contribution in [3.63, 3.8) is 0 Å². The first-order valence-electron chi connectivity index (χ1n) is 5.20. The number of aromatic nitrogens is 1. The van der Waals surface area contributed by atoms with Gasteiger partial charge in [-0.1, -0.05) is 23.8 Å². The first-order valence-corrected chi connectivity index (χ1v) is 5.20. The SMILES string of the molecule is Cc1cccc(C(=O)c2cncc(C)c2)c1. The van der Waals surface area contributed by atoms with Gasteiger partial charge in [0.25, 0.3) is 0 Å². The second kappa shape index (κ2) is 4.27. The highest BCUT2D eigenvalue weighted by Crippen LogP contribution is 2.11. The molecule has 1 heterocycles. The van der Waals surface area contributed by atoms with Crippen molar-refractivity contribution in [2.45, 2.75) is 13.8 Å². The molecule has 0 fully saturated rings. The summed E-state index contributed by atoms with van der Waals surface area (Å²) in [4.78, 5) is 16.1. The van der Waals surface area contributed by atoms with E-state index in [1.807, 2.05) is 44.2 Å². The van der Waals surface area contributed by atoms with E-state index >= 15 is 0 Å². The summed E-state index contributed by atoms with van der Waals surface area (Å²) in [6, 6.07) is 9.46. The number of nitrogens with zero attached hydrogens (tertiary/aromatic N) is 1. The van der Waals surface area contributed by atoms with E-state index in [1.165, 1.54) is 0 Å². The normalized spacial score (nSPS) is 10.1. The molecule has 0 radical (unpaired) electrons. The number of hydrogen-bond acceptors (Lipinski definition) is 2. The fourth-order valence-electron chi connectivity index (χ4n) is 1.63. The summed E-state index contributed by atoms with van der Waals surface area (Å²) in [5.74, 6) is 0.0277. The van der Waals surface area contributed by atoms with Crippen molar-refractivity contribution in [3.8, 4) is 0 Å². The number of hydrogen-bond donors (Lipinski definition) is 0. The van der Waals surface area contributed by atoms with Gasteiger partial charge < -0.3 is 0 Å². The molecule has 2 aromatic rings. The molecule has 1 aromatic heterocycles. The van der Waals surface area contributed by atoms with E-state index in [1.54, 1.807) is 12.4 Å². The molecule has 2 nitrogen and oxygen atoms in total. The second-order valence-corrected chi connectivity index (χ2v) is 3.95. The van der Waals surface area contributed by atoms with Crippen LogP contribution in [0.2, 0.25) is 0 Å². The summed E-state index contributed by atoms with van der Waals surface area (Å²) < 4.78 is 0. The molecule has 2 heteroatoms. The standard InChI is InChI=1S/C14H13NO/c1-10-4-3-5-12(6-10)14(16)13-7-11(2)8-15-9-13/h3-9H,1-2H3. The number of ketones is 1. The van der Waals surface area contributed by atoms with Gasteiger partial charge in [0, 0.05) is 23.5 Å². The Balaban J connectivity index is 2.39. The van der Waals surface area contributed by atoms with Crippen LogP contribution >= 0.6 is 0 Å². The highest BCUT2D eigenvalue weighted by Gasteiger charge is 2.09. The van der Waals surface area contributed by atoms with E-state index in [9.17, 15) is 4.79 Å². The van der Waals surface area contributed by atoms with E-state index in [0.29, 0.717) is 11.1 Å². The average Bonchev–Trinajstić information content (AvgIpc) is 2.28. The molecule has 0 bridgehead atoms. The third kappa shape index (κ3) is 2.16. The van der Waals surface area contributed by atoms with Gasteiger partial charge in [-0.15, -0.1) is 0 Å². The number of rotatable bonds is 2. The average molecular weight is 211 g/mol. The highest BCUT2D eigenvalue weighted by molar-refractivity contribution is 6.08. The van der Waals surface area contributed by atoms with Gasteiger partial charge in [-0.05, 0) is 31.5 Å². The van der Waals surface area contributed by atoms with Crippen molar-refractivity contribution in [2.75, 3.05) is 0 Å². The van der Waals surface area contributed by atoms with Crippen LogP contribution in [0.5, 0.6) is 0 Å². The van der Waals surface area contributed by atoms with Crippen molar-refractivity contribution in [2.24, 2.45) is 0 Å². The van der Waals surface area contributed by atoms with Crippen LogP contribution in [0.4, 0.5) is 0 Å². The second-order valence-electron chi connectivity index (χ2n) is 3.95. The molecule has 0 aliphatic heterocycles. The molecule has 0 N–H and O–H groups in total. The number of benzene rings is 1. The minimum Gasteiger partial charge on any atom is -0.289 e. The fraction of sp³-hybridized carbons (Fsp3) is 0.143. The molecule has 0 atom stereocenters. The zero-order chi connectivity index (χ0) is 11.5. The Bertz CT molecular complexity index is 484. The number of carbonyl (C=O) groups is 1. The quantitative estimate of drug-likeness (QED) is 0.715. The molecule has 2 rings (SSSR count). The molecule has 0 aliphatic carbocycles. The Labute approximate surface area is 95.0 Å². The Morgan fingerprint density at radius 3 is 2.44 bits per heavy atom. The summed E-state index contributed by atoms with van der Waals surface area (Å²) in [6.07, 6.45) is 3.35. The van der Waals surface area contributed by atoms with Gasteiger partial charge in [0.1, 0.15) is 0 Å². The lowest BCUT2D eigenvalue weighted by atomic mass is 10.0. The van der Waals surface area contributed by atoms with Crippen LogP contribution in [0.25, 0.3) is 0 Å². The monoisotopic (exact) mass is 211 g/mol. The van der Waals surface area contributed by atoms with Crippen LogP contribution in [0, 0.1) is 13.8 Å². The first kappa shape index (κ1) is 10.6. The maximum atomic E-state index is 12.1. The highest BCUT2D eigenvalue weighted by atomic mass is 16.1. The van der Waals surface area contributed by atoms with E-state index < -0.39 is 0 Å². The molecule has 80 valence electrons. The number of pyridine rings is 1. The van der Waals surface area contributed by atoms with Crippen LogP contribution < -0.4 is 0 Å². The van der Waals surface area contributed by atoms with E-state index in [4.69, 9.17) is 0 Å². The molecule has 0 unspecified atom stereocenters. The molecule has 0 aliphatic rings. The predicted molar refractivity (Wildman–Crippen MR) is 63.6 cm³/mol. The van der Waals surface area contributed by atoms with Gasteiger partial charge in [0.15, 0.2) is 5.78 Å². The van der Waals surface area contributed by atoms with E-state index in [2.05, 4.69) is 4.98 Å². The number of carbonyl (C=O) groups excluding carboxylic acids is 1. The van der Waals surface area contributed by atoms with Crippen molar-refractivity contribution in [3.05, 3.63) is 65.0 Å². The molecular formula is C14H13NO. The van der Waals surface area contributed by atoms with Crippen LogP contribution in [-0.2, 0) is 0 Å². The summed E-state index contributed by atoms with van der Waals surface area (Å²) in [7, 11) is 0. The lowest BCUT2D eigenvalue weighted by Crippen LogP contribution is -2.02. The van der Waals surface area contributed by atoms with E-state index in [-0.39, 0.29) is 5.78 Å². The largest absolute Gasteiger partial charge is 0.289 e. The first-order chi connectivity index (χ1) is 7.66. The molecule has 1 aromatic carbocycles. The molecule has 16 heavy (non-hydrogen) atoms. The van der Waals surface area contributed by atoms with Crippen molar-refractivity contribution in [1.29, 1.82) is 0 Å². The third-order valence-corrected chi connectivity index (χ3v) is 2.42. The Kier molecular flexibility index (Phi) is 2.82. The maximum absolute atomic E-state index is 12.1. The minimum absolute atomic E-state index is 0.0277. The van der Waals surface area contributed by atoms with Gasteiger partial charge in [0.2, 0.25) is 0 Å². The van der Waals surface area contributed by atoms with Gasteiger partial charge >= 0.3 is 0 Å². The van der Waals surface area contributed by atoms with Gasteiger partial charge in [0.05, 0.1) is 0 Å². The molecule has 0 amide bonds. The predicted octanol–water partition coefficient (Wildman–Crippen LogP) is 2.93. The summed E-state index contributed by atoms with van der Waals surface area (Å²) in [6.45, 7) is 3.91. The third-order valence-electron chi connectivity index (χ3n) is 2.42. The smallest absolute Gasteiger partial charge is 0.194 e. The van der Waals surface area contributed by atoms with Crippen LogP contribution in [-0.4, -0.2) is 10.8 Å². The molecular weight excluding hydrogens is 198 g/mol. The maximum Gasteiger partial charge on any atom is 0.194 e. The molecule has 0 spiro atoms. The fourth-order valence-corrected chi connectivity index (χ4v) is 1.63. The number of aryl methyl sites for hydroxylation is 2. The van der Waals surface area contributed by atoms with Gasteiger partial charge in [-0.2, -0.15) is 0 Å². The van der Waals surface area contributed by atoms with Gasteiger partial charge in [-0.3, -0.25) is 9.78 Å². The van der Waals surface area contributed by atoms with Crippen LogP contribution in [0.3, 0.4) is 0 Å². The Morgan fingerprint density at radius 2 is 1.75 bits per heavy atom. The lowest BCUT2D eigenvalue weighted by Gasteiger charge is -2.02. The Hall–Kier alpha value is -1.96. The van der Waals surface area contributed by atoms with Crippen molar-refractivity contribution < 1.29 is 4.79 Å². The van der Waals surface area contributed by atoms with Crippen LogP contribution in [0.1, 0.15) is 27.0 Å². The summed E-state index contributed by atoms with van der Waals surface area (Å²) >= 11 is 0. The Morgan fingerprint density at radius 1 is 1.00 bits per heavy atom. The summed E-state index contributed by atoms with van der Waals surface area (Å²) in [5.41, 5.74) is 3.45.